The quantitative estimate of drug-likeness (QED) is 0.723. The number of carbonyl (C=O) groups is 1. The van der Waals surface area contributed by atoms with Crippen LogP contribution in [0.4, 0.5) is 5.82 Å². The summed E-state index contributed by atoms with van der Waals surface area (Å²) >= 11 is 0. The van der Waals surface area contributed by atoms with Crippen LogP contribution in [0.3, 0.4) is 0 Å². The van der Waals surface area contributed by atoms with Crippen molar-refractivity contribution in [3.8, 4) is 0 Å². The molecule has 0 radical (unpaired) electrons. The number of nitrogens with zero attached hydrogens (tertiary/aromatic N) is 5. The number of carbonyl (C=O) groups excluding carboxylic acids is 1. The van der Waals surface area contributed by atoms with Crippen molar-refractivity contribution in [3.63, 3.8) is 0 Å². The number of aromatic nitrogens is 5. The van der Waals surface area contributed by atoms with Gasteiger partial charge in [-0.2, -0.15) is 10.2 Å². The summed E-state index contributed by atoms with van der Waals surface area (Å²) in [5, 5.41) is 15.0. The zero-order valence-electron chi connectivity index (χ0n) is 15.8. The summed E-state index contributed by atoms with van der Waals surface area (Å²) in [6, 6.07) is 4.15. The maximum atomic E-state index is 12.7. The van der Waals surface area contributed by atoms with Gasteiger partial charge >= 0.3 is 0 Å². The number of anilines is 1. The Labute approximate surface area is 158 Å². The van der Waals surface area contributed by atoms with E-state index in [0.717, 1.165) is 24.2 Å². The molecule has 0 bridgehead atoms. The zero-order chi connectivity index (χ0) is 18.8. The number of fused-ring (bicyclic) bond motifs is 1. The highest BCUT2D eigenvalue weighted by atomic mass is 16.1. The molecular weight excluding hydrogens is 342 g/mol. The van der Waals surface area contributed by atoms with Gasteiger partial charge in [0.05, 0.1) is 24.1 Å². The highest BCUT2D eigenvalue weighted by Crippen LogP contribution is 2.19. The van der Waals surface area contributed by atoms with Gasteiger partial charge in [-0.3, -0.25) is 9.48 Å². The summed E-state index contributed by atoms with van der Waals surface area (Å²) in [4.78, 5) is 17.3. The molecule has 142 valence electrons. The van der Waals surface area contributed by atoms with E-state index in [1.54, 1.807) is 10.7 Å². The molecule has 3 aromatic rings. The lowest BCUT2D eigenvalue weighted by atomic mass is 9.95. The molecule has 0 saturated heterocycles. The first-order valence-electron chi connectivity index (χ1n) is 9.49. The fraction of sp³-hybridized carbons (Fsp3) is 0.474. The highest BCUT2D eigenvalue weighted by Gasteiger charge is 2.20. The molecule has 0 aromatic carbocycles. The third-order valence-corrected chi connectivity index (χ3v) is 5.10. The van der Waals surface area contributed by atoms with E-state index < -0.39 is 0 Å². The average Bonchev–Trinajstić information content (AvgIpc) is 3.22. The van der Waals surface area contributed by atoms with Crippen LogP contribution in [-0.4, -0.2) is 36.3 Å². The number of hydrogen-bond donors (Lipinski definition) is 2. The molecule has 27 heavy (non-hydrogen) atoms. The second-order valence-electron chi connectivity index (χ2n) is 7.20. The molecule has 2 N–H and O–H groups in total. The molecule has 1 amide bonds. The molecular formula is C19H25N7O. The molecule has 1 aliphatic carbocycles. The first kappa shape index (κ1) is 17.5. The SMILES string of the molecule is Cc1cc(CNc2ccn3ncc(C(=O)NC4CCCCC4)c3n2)n(C)n1. The summed E-state index contributed by atoms with van der Waals surface area (Å²) in [5.41, 5.74) is 3.13. The van der Waals surface area contributed by atoms with E-state index in [2.05, 4.69) is 25.8 Å². The maximum Gasteiger partial charge on any atom is 0.256 e. The van der Waals surface area contributed by atoms with Crippen LogP contribution < -0.4 is 10.6 Å². The van der Waals surface area contributed by atoms with Crippen LogP contribution in [0.1, 0.15) is 53.8 Å². The summed E-state index contributed by atoms with van der Waals surface area (Å²) in [5.74, 6) is 0.609. The van der Waals surface area contributed by atoms with Crippen molar-refractivity contribution < 1.29 is 4.79 Å². The molecule has 1 fully saturated rings. The molecule has 8 nitrogen and oxygen atoms in total. The van der Waals surface area contributed by atoms with Gasteiger partial charge in [-0.15, -0.1) is 0 Å². The van der Waals surface area contributed by atoms with Crippen LogP contribution in [0.25, 0.3) is 5.65 Å². The van der Waals surface area contributed by atoms with Gasteiger partial charge < -0.3 is 10.6 Å². The van der Waals surface area contributed by atoms with Crippen LogP contribution in [0.5, 0.6) is 0 Å². The zero-order valence-corrected chi connectivity index (χ0v) is 15.8. The minimum atomic E-state index is -0.0937. The molecule has 4 rings (SSSR count). The number of nitrogens with one attached hydrogen (secondary N) is 2. The fourth-order valence-corrected chi connectivity index (χ4v) is 3.65. The second kappa shape index (κ2) is 7.38. The van der Waals surface area contributed by atoms with E-state index >= 15 is 0 Å². The van der Waals surface area contributed by atoms with Gasteiger partial charge in [0.2, 0.25) is 0 Å². The third kappa shape index (κ3) is 3.79. The molecule has 0 aliphatic heterocycles. The van der Waals surface area contributed by atoms with Crippen molar-refractivity contribution in [1.82, 2.24) is 29.7 Å². The summed E-state index contributed by atoms with van der Waals surface area (Å²) in [6.07, 6.45) is 9.13. The van der Waals surface area contributed by atoms with Crippen LogP contribution in [0.15, 0.2) is 24.5 Å². The van der Waals surface area contributed by atoms with E-state index in [1.807, 2.05) is 37.0 Å². The molecule has 0 spiro atoms. The summed E-state index contributed by atoms with van der Waals surface area (Å²) < 4.78 is 3.48. The van der Waals surface area contributed by atoms with Gasteiger partial charge in [-0.05, 0) is 31.9 Å². The van der Waals surface area contributed by atoms with Gasteiger partial charge in [0.25, 0.3) is 5.91 Å². The van der Waals surface area contributed by atoms with Crippen molar-refractivity contribution in [2.75, 3.05) is 5.32 Å². The lowest BCUT2D eigenvalue weighted by Gasteiger charge is -2.22. The predicted octanol–water partition coefficient (Wildman–Crippen LogP) is 2.45. The van der Waals surface area contributed by atoms with Crippen LogP contribution >= 0.6 is 0 Å². The van der Waals surface area contributed by atoms with E-state index in [9.17, 15) is 4.79 Å². The van der Waals surface area contributed by atoms with Crippen molar-refractivity contribution in [2.45, 2.75) is 51.6 Å². The highest BCUT2D eigenvalue weighted by molar-refractivity contribution is 5.99. The molecule has 1 saturated carbocycles. The molecule has 1 aliphatic rings. The van der Waals surface area contributed by atoms with E-state index in [1.165, 1.54) is 19.3 Å². The Morgan fingerprint density at radius 1 is 1.30 bits per heavy atom. The fourth-order valence-electron chi connectivity index (χ4n) is 3.65. The predicted molar refractivity (Wildman–Crippen MR) is 103 cm³/mol. The van der Waals surface area contributed by atoms with Crippen LogP contribution in [0, 0.1) is 6.92 Å². The van der Waals surface area contributed by atoms with Crippen molar-refractivity contribution >= 4 is 17.4 Å². The topological polar surface area (TPSA) is 89.1 Å². The summed E-state index contributed by atoms with van der Waals surface area (Å²) in [6.45, 7) is 2.58. The van der Waals surface area contributed by atoms with E-state index in [-0.39, 0.29) is 11.9 Å². The first-order valence-corrected chi connectivity index (χ1v) is 9.49. The Morgan fingerprint density at radius 3 is 2.85 bits per heavy atom. The largest absolute Gasteiger partial charge is 0.364 e. The lowest BCUT2D eigenvalue weighted by Crippen LogP contribution is -2.36. The Morgan fingerprint density at radius 2 is 2.11 bits per heavy atom. The van der Waals surface area contributed by atoms with Crippen molar-refractivity contribution in [3.05, 3.63) is 41.5 Å². The number of hydrogen-bond acceptors (Lipinski definition) is 5. The Bertz CT molecular complexity index is 952. The number of aryl methyl sites for hydroxylation is 2. The average molecular weight is 367 g/mol. The Kier molecular flexibility index (Phi) is 4.79. The lowest BCUT2D eigenvalue weighted by molar-refractivity contribution is 0.0929. The second-order valence-corrected chi connectivity index (χ2v) is 7.20. The minimum Gasteiger partial charge on any atom is -0.364 e. The molecule has 3 aromatic heterocycles. The molecule has 0 atom stereocenters. The third-order valence-electron chi connectivity index (χ3n) is 5.10. The van der Waals surface area contributed by atoms with Gasteiger partial charge in [-0.25, -0.2) is 9.50 Å². The normalized spacial score (nSPS) is 15.2. The number of rotatable bonds is 5. The minimum absolute atomic E-state index is 0.0937. The van der Waals surface area contributed by atoms with E-state index in [0.29, 0.717) is 23.6 Å². The number of amides is 1. The first-order chi connectivity index (χ1) is 13.1. The van der Waals surface area contributed by atoms with Gasteiger partial charge in [0.1, 0.15) is 11.4 Å². The summed E-state index contributed by atoms with van der Waals surface area (Å²) in [7, 11) is 1.92. The van der Waals surface area contributed by atoms with Gasteiger partial charge in [0.15, 0.2) is 5.65 Å². The van der Waals surface area contributed by atoms with E-state index in [4.69, 9.17) is 0 Å². The smallest absolute Gasteiger partial charge is 0.256 e. The van der Waals surface area contributed by atoms with Gasteiger partial charge in [0, 0.05) is 19.3 Å². The molecule has 0 unspecified atom stereocenters. The van der Waals surface area contributed by atoms with Crippen LogP contribution in [-0.2, 0) is 13.6 Å². The molecule has 3 heterocycles. The van der Waals surface area contributed by atoms with Crippen LogP contribution in [0.2, 0.25) is 0 Å². The van der Waals surface area contributed by atoms with Crippen molar-refractivity contribution in [2.24, 2.45) is 7.05 Å². The Balaban J connectivity index is 1.50. The maximum absolute atomic E-state index is 12.7. The standard InChI is InChI=1S/C19H25N7O/c1-13-10-15(25(2)24-13)11-20-17-8-9-26-18(23-17)16(12-21-26)19(27)22-14-6-4-3-5-7-14/h8-10,12,14H,3-7,11H2,1-2H3,(H,20,23)(H,22,27). The monoisotopic (exact) mass is 367 g/mol. The molecule has 8 heteroatoms. The van der Waals surface area contributed by atoms with Crippen molar-refractivity contribution in [1.29, 1.82) is 0 Å². The Hall–Kier alpha value is -2.90. The van der Waals surface area contributed by atoms with Gasteiger partial charge in [-0.1, -0.05) is 19.3 Å².